The average Bonchev–Trinajstić information content (AvgIpc) is 3.10. The zero-order valence-corrected chi connectivity index (χ0v) is 14.8. The van der Waals surface area contributed by atoms with Crippen molar-refractivity contribution in [1.29, 1.82) is 0 Å². The van der Waals surface area contributed by atoms with E-state index in [0.29, 0.717) is 13.0 Å². The first kappa shape index (κ1) is 17.2. The monoisotopic (exact) mass is 341 g/mol. The van der Waals surface area contributed by atoms with E-state index in [0.717, 1.165) is 22.6 Å². The first-order valence-electron chi connectivity index (χ1n) is 8.53. The Labute approximate surface area is 147 Å². The Morgan fingerprint density at radius 1 is 1.24 bits per heavy atom. The first-order valence-corrected chi connectivity index (χ1v) is 8.53. The van der Waals surface area contributed by atoms with Crippen LogP contribution >= 0.6 is 0 Å². The Morgan fingerprint density at radius 2 is 1.92 bits per heavy atom. The molecule has 6 nitrogen and oxygen atoms in total. The number of para-hydroxylation sites is 1. The number of hydrogen-bond donors (Lipinski definition) is 1. The number of carboxylic acid groups (broad SMARTS) is 1. The predicted molar refractivity (Wildman–Crippen MR) is 93.7 cm³/mol. The van der Waals surface area contributed by atoms with Crippen LogP contribution in [-0.4, -0.2) is 44.3 Å². The molecule has 132 valence electrons. The minimum atomic E-state index is -0.827. The van der Waals surface area contributed by atoms with Crippen molar-refractivity contribution in [2.75, 3.05) is 6.54 Å². The van der Waals surface area contributed by atoms with E-state index in [9.17, 15) is 14.7 Å². The molecule has 2 aromatic rings. The van der Waals surface area contributed by atoms with Crippen LogP contribution in [0.5, 0.6) is 0 Å². The van der Waals surface area contributed by atoms with Crippen LogP contribution in [0.15, 0.2) is 30.3 Å². The second-order valence-electron chi connectivity index (χ2n) is 6.63. The lowest BCUT2D eigenvalue weighted by molar-refractivity contribution is -0.143. The highest BCUT2D eigenvalue weighted by atomic mass is 16.4. The number of carbonyl (C=O) groups excluding carboxylic acids is 1. The van der Waals surface area contributed by atoms with Gasteiger partial charge < -0.3 is 10.0 Å². The molecule has 0 bridgehead atoms. The molecule has 1 amide bonds. The molecule has 1 aliphatic heterocycles. The molecule has 6 heteroatoms. The van der Waals surface area contributed by atoms with Gasteiger partial charge in [-0.05, 0) is 39.3 Å². The number of likely N-dealkylation sites (tertiary alicyclic amines) is 1. The van der Waals surface area contributed by atoms with E-state index in [1.165, 1.54) is 0 Å². The van der Waals surface area contributed by atoms with Gasteiger partial charge in [0.1, 0.15) is 0 Å². The molecule has 25 heavy (non-hydrogen) atoms. The van der Waals surface area contributed by atoms with Crippen LogP contribution < -0.4 is 0 Å². The summed E-state index contributed by atoms with van der Waals surface area (Å²) in [6.45, 7) is 6.18. The lowest BCUT2D eigenvalue weighted by atomic mass is 10.0. The van der Waals surface area contributed by atoms with Crippen LogP contribution in [0, 0.1) is 19.8 Å². The van der Waals surface area contributed by atoms with E-state index in [2.05, 4.69) is 5.10 Å². The molecule has 2 heterocycles. The number of rotatable bonds is 4. The number of amides is 1. The molecule has 0 aliphatic carbocycles. The van der Waals surface area contributed by atoms with Crippen LogP contribution in [-0.2, 0) is 16.0 Å². The second-order valence-corrected chi connectivity index (χ2v) is 6.63. The maximum Gasteiger partial charge on any atom is 0.308 e. The number of aliphatic carboxylic acids is 1. The summed E-state index contributed by atoms with van der Waals surface area (Å²) >= 11 is 0. The highest BCUT2D eigenvalue weighted by Gasteiger charge is 2.38. The number of benzene rings is 1. The number of aromatic nitrogens is 2. The number of carbonyl (C=O) groups is 2. The Kier molecular flexibility index (Phi) is 4.61. The Bertz CT molecular complexity index is 798. The van der Waals surface area contributed by atoms with Gasteiger partial charge in [0.15, 0.2) is 0 Å². The van der Waals surface area contributed by atoms with E-state index < -0.39 is 11.9 Å². The minimum absolute atomic E-state index is 0.0324. The van der Waals surface area contributed by atoms with Crippen molar-refractivity contribution < 1.29 is 14.7 Å². The number of carboxylic acids is 1. The summed E-state index contributed by atoms with van der Waals surface area (Å²) in [7, 11) is 0. The summed E-state index contributed by atoms with van der Waals surface area (Å²) in [5.41, 5.74) is 3.65. The molecule has 1 saturated heterocycles. The molecule has 1 N–H and O–H groups in total. The van der Waals surface area contributed by atoms with E-state index >= 15 is 0 Å². The maximum absolute atomic E-state index is 12.7. The largest absolute Gasteiger partial charge is 0.481 e. The van der Waals surface area contributed by atoms with E-state index in [1.54, 1.807) is 4.90 Å². The molecular formula is C19H23N3O3. The van der Waals surface area contributed by atoms with Gasteiger partial charge >= 0.3 is 5.97 Å². The van der Waals surface area contributed by atoms with Crippen molar-refractivity contribution in [1.82, 2.24) is 14.7 Å². The third-order valence-corrected chi connectivity index (χ3v) is 5.16. The quantitative estimate of drug-likeness (QED) is 0.926. The topological polar surface area (TPSA) is 75.4 Å². The summed E-state index contributed by atoms with van der Waals surface area (Å²) in [5.74, 6) is -1.33. The highest BCUT2D eigenvalue weighted by Crippen LogP contribution is 2.26. The first-order chi connectivity index (χ1) is 11.9. The van der Waals surface area contributed by atoms with Crippen LogP contribution in [0.3, 0.4) is 0 Å². The van der Waals surface area contributed by atoms with Crippen molar-refractivity contribution in [2.45, 2.75) is 39.7 Å². The van der Waals surface area contributed by atoms with Gasteiger partial charge in [-0.1, -0.05) is 18.2 Å². The van der Waals surface area contributed by atoms with Gasteiger partial charge in [0.05, 0.1) is 23.7 Å². The molecule has 0 saturated carbocycles. The van der Waals surface area contributed by atoms with Crippen molar-refractivity contribution >= 4 is 11.9 Å². The average molecular weight is 341 g/mol. The fourth-order valence-corrected chi connectivity index (χ4v) is 3.63. The molecular weight excluding hydrogens is 318 g/mol. The SMILES string of the molecule is Cc1nn(-c2ccccc2)c(C)c1CC(=O)N1CCC(C(=O)O)C1C. The lowest BCUT2D eigenvalue weighted by Crippen LogP contribution is -2.38. The third-order valence-electron chi connectivity index (χ3n) is 5.16. The van der Waals surface area contributed by atoms with Crippen molar-refractivity contribution in [3.05, 3.63) is 47.3 Å². The number of aryl methyl sites for hydroxylation is 1. The van der Waals surface area contributed by atoms with E-state index in [4.69, 9.17) is 0 Å². The maximum atomic E-state index is 12.7. The molecule has 0 radical (unpaired) electrons. The smallest absolute Gasteiger partial charge is 0.308 e. The third kappa shape index (κ3) is 3.16. The predicted octanol–water partition coefficient (Wildman–Crippen LogP) is 2.35. The summed E-state index contributed by atoms with van der Waals surface area (Å²) in [5, 5.41) is 13.8. The van der Waals surface area contributed by atoms with Crippen LogP contribution in [0.25, 0.3) is 5.69 Å². The van der Waals surface area contributed by atoms with Gasteiger partial charge in [0, 0.05) is 23.8 Å². The van der Waals surface area contributed by atoms with Gasteiger partial charge in [0.25, 0.3) is 0 Å². The van der Waals surface area contributed by atoms with E-state index in [-0.39, 0.29) is 18.4 Å². The summed E-state index contributed by atoms with van der Waals surface area (Å²) in [6, 6.07) is 9.54. The van der Waals surface area contributed by atoms with Crippen molar-refractivity contribution in [3.63, 3.8) is 0 Å². The van der Waals surface area contributed by atoms with Crippen LogP contribution in [0.1, 0.15) is 30.3 Å². The zero-order chi connectivity index (χ0) is 18.1. The molecule has 2 atom stereocenters. The standard InChI is InChI=1S/C19H23N3O3/c1-12-17(14(3)22(20-12)15-7-5-4-6-8-15)11-18(23)21-10-9-16(13(21)2)19(24)25/h4-8,13,16H,9-11H2,1-3H3,(H,24,25). The molecule has 0 spiro atoms. The highest BCUT2D eigenvalue weighted by molar-refractivity contribution is 5.81. The summed E-state index contributed by atoms with van der Waals surface area (Å²) < 4.78 is 1.85. The zero-order valence-electron chi connectivity index (χ0n) is 14.8. The van der Waals surface area contributed by atoms with Gasteiger partial charge in [-0.2, -0.15) is 5.10 Å². The van der Waals surface area contributed by atoms with Gasteiger partial charge in [-0.25, -0.2) is 4.68 Å². The van der Waals surface area contributed by atoms with Crippen LogP contribution in [0.2, 0.25) is 0 Å². The van der Waals surface area contributed by atoms with Gasteiger partial charge in [0.2, 0.25) is 5.91 Å². The van der Waals surface area contributed by atoms with E-state index in [1.807, 2.05) is 55.8 Å². The molecule has 1 aliphatic rings. The normalized spacial score (nSPS) is 20.0. The minimum Gasteiger partial charge on any atom is -0.481 e. The second kappa shape index (κ2) is 6.70. The van der Waals surface area contributed by atoms with Crippen LogP contribution in [0.4, 0.5) is 0 Å². The summed E-state index contributed by atoms with van der Waals surface area (Å²) in [6.07, 6.45) is 0.769. The molecule has 1 aromatic heterocycles. The van der Waals surface area contributed by atoms with Crippen molar-refractivity contribution in [2.24, 2.45) is 5.92 Å². The van der Waals surface area contributed by atoms with Gasteiger partial charge in [-0.3, -0.25) is 9.59 Å². The number of nitrogens with zero attached hydrogens (tertiary/aromatic N) is 3. The fourth-order valence-electron chi connectivity index (χ4n) is 3.63. The number of hydrogen-bond acceptors (Lipinski definition) is 3. The molecule has 1 aromatic carbocycles. The Morgan fingerprint density at radius 3 is 2.52 bits per heavy atom. The van der Waals surface area contributed by atoms with Crippen molar-refractivity contribution in [3.8, 4) is 5.69 Å². The molecule has 3 rings (SSSR count). The lowest BCUT2D eigenvalue weighted by Gasteiger charge is -2.23. The van der Waals surface area contributed by atoms with Gasteiger partial charge in [-0.15, -0.1) is 0 Å². The molecule has 2 unspecified atom stereocenters. The molecule has 1 fully saturated rings. The summed E-state index contributed by atoms with van der Waals surface area (Å²) in [4.78, 5) is 25.7. The Balaban J connectivity index is 1.81. The fraction of sp³-hybridized carbons (Fsp3) is 0.421. The Hall–Kier alpha value is -2.63.